The van der Waals surface area contributed by atoms with Crippen molar-refractivity contribution in [3.05, 3.63) is 59.4 Å². The van der Waals surface area contributed by atoms with Gasteiger partial charge in [0, 0.05) is 12.2 Å². The lowest BCUT2D eigenvalue weighted by Crippen LogP contribution is -2.13. The van der Waals surface area contributed by atoms with Gasteiger partial charge < -0.3 is 10.5 Å². The molecule has 0 saturated heterocycles. The van der Waals surface area contributed by atoms with Crippen LogP contribution in [0.1, 0.15) is 29.7 Å². The van der Waals surface area contributed by atoms with E-state index in [1.54, 1.807) is 12.4 Å². The SMILES string of the molecule is CCOc1cncc(C(N)Cc2ccc(C)cc2)c1. The van der Waals surface area contributed by atoms with Crippen LogP contribution in [0.3, 0.4) is 0 Å². The summed E-state index contributed by atoms with van der Waals surface area (Å²) >= 11 is 0. The molecular formula is C16H20N2O. The predicted octanol–water partition coefficient (Wildman–Crippen LogP) is 3.03. The highest BCUT2D eigenvalue weighted by molar-refractivity contribution is 5.28. The molecule has 3 heteroatoms. The number of aryl methyl sites for hydroxylation is 1. The quantitative estimate of drug-likeness (QED) is 0.894. The second kappa shape index (κ2) is 6.34. The minimum atomic E-state index is -0.0596. The minimum Gasteiger partial charge on any atom is -0.492 e. The van der Waals surface area contributed by atoms with E-state index in [1.807, 2.05) is 13.0 Å². The van der Waals surface area contributed by atoms with E-state index < -0.39 is 0 Å². The zero-order chi connectivity index (χ0) is 13.7. The molecule has 19 heavy (non-hydrogen) atoms. The highest BCUT2D eigenvalue weighted by atomic mass is 16.5. The molecule has 0 amide bonds. The Labute approximate surface area is 114 Å². The first-order valence-electron chi connectivity index (χ1n) is 6.58. The van der Waals surface area contributed by atoms with Crippen molar-refractivity contribution in [3.63, 3.8) is 0 Å². The topological polar surface area (TPSA) is 48.1 Å². The number of pyridine rings is 1. The fourth-order valence-corrected chi connectivity index (χ4v) is 1.98. The van der Waals surface area contributed by atoms with E-state index in [4.69, 9.17) is 10.5 Å². The standard InChI is InChI=1S/C16H20N2O/c1-3-19-15-9-14(10-18-11-15)16(17)8-13-6-4-12(2)5-7-13/h4-7,9-11,16H,3,8,17H2,1-2H3. The number of rotatable bonds is 5. The van der Waals surface area contributed by atoms with Gasteiger partial charge in [0.05, 0.1) is 12.8 Å². The Hall–Kier alpha value is -1.87. The fraction of sp³-hybridized carbons (Fsp3) is 0.312. The Balaban J connectivity index is 2.08. The van der Waals surface area contributed by atoms with Crippen LogP contribution in [0.25, 0.3) is 0 Å². The molecule has 100 valence electrons. The third-order valence-corrected chi connectivity index (χ3v) is 3.05. The Morgan fingerprint density at radius 2 is 1.95 bits per heavy atom. The molecule has 1 unspecified atom stereocenters. The van der Waals surface area contributed by atoms with Gasteiger partial charge in [-0.1, -0.05) is 29.8 Å². The number of nitrogens with zero attached hydrogens (tertiary/aromatic N) is 1. The molecule has 0 spiro atoms. The zero-order valence-electron chi connectivity index (χ0n) is 11.5. The monoisotopic (exact) mass is 256 g/mol. The van der Waals surface area contributed by atoms with E-state index in [0.29, 0.717) is 6.61 Å². The molecule has 1 aromatic carbocycles. The normalized spacial score (nSPS) is 12.2. The summed E-state index contributed by atoms with van der Waals surface area (Å²) < 4.78 is 5.44. The summed E-state index contributed by atoms with van der Waals surface area (Å²) in [6.07, 6.45) is 4.32. The Morgan fingerprint density at radius 1 is 1.21 bits per heavy atom. The first-order chi connectivity index (χ1) is 9.19. The smallest absolute Gasteiger partial charge is 0.137 e. The third-order valence-electron chi connectivity index (χ3n) is 3.05. The van der Waals surface area contributed by atoms with Gasteiger partial charge in [-0.3, -0.25) is 4.98 Å². The molecule has 1 atom stereocenters. The van der Waals surface area contributed by atoms with Crippen LogP contribution in [0.15, 0.2) is 42.7 Å². The number of ether oxygens (including phenoxy) is 1. The summed E-state index contributed by atoms with van der Waals surface area (Å²) in [7, 11) is 0. The number of hydrogen-bond acceptors (Lipinski definition) is 3. The number of nitrogens with two attached hydrogens (primary N) is 1. The number of hydrogen-bond donors (Lipinski definition) is 1. The van der Waals surface area contributed by atoms with Crippen LogP contribution >= 0.6 is 0 Å². The van der Waals surface area contributed by atoms with Gasteiger partial charge in [-0.15, -0.1) is 0 Å². The van der Waals surface area contributed by atoms with Crippen LogP contribution in [0, 0.1) is 6.92 Å². The van der Waals surface area contributed by atoms with Crippen molar-refractivity contribution in [1.29, 1.82) is 0 Å². The van der Waals surface area contributed by atoms with E-state index >= 15 is 0 Å². The van der Waals surface area contributed by atoms with Crippen LogP contribution < -0.4 is 10.5 Å². The summed E-state index contributed by atoms with van der Waals surface area (Å²) in [5.74, 6) is 0.777. The average molecular weight is 256 g/mol. The zero-order valence-corrected chi connectivity index (χ0v) is 11.5. The highest BCUT2D eigenvalue weighted by Crippen LogP contribution is 2.19. The van der Waals surface area contributed by atoms with E-state index in [2.05, 4.69) is 36.2 Å². The summed E-state index contributed by atoms with van der Waals surface area (Å²) in [4.78, 5) is 4.18. The van der Waals surface area contributed by atoms with Crippen molar-refractivity contribution in [3.8, 4) is 5.75 Å². The highest BCUT2D eigenvalue weighted by Gasteiger charge is 2.08. The molecule has 2 aromatic rings. The van der Waals surface area contributed by atoms with Gasteiger partial charge in [0.25, 0.3) is 0 Å². The maximum atomic E-state index is 6.23. The molecule has 2 N–H and O–H groups in total. The van der Waals surface area contributed by atoms with Gasteiger partial charge in [0.1, 0.15) is 5.75 Å². The van der Waals surface area contributed by atoms with Crippen molar-refractivity contribution in [1.82, 2.24) is 4.98 Å². The van der Waals surface area contributed by atoms with Gasteiger partial charge in [-0.25, -0.2) is 0 Å². The van der Waals surface area contributed by atoms with Crippen molar-refractivity contribution >= 4 is 0 Å². The molecule has 1 aromatic heterocycles. The number of benzene rings is 1. The second-order valence-electron chi connectivity index (χ2n) is 4.68. The van der Waals surface area contributed by atoms with E-state index in [1.165, 1.54) is 11.1 Å². The van der Waals surface area contributed by atoms with Gasteiger partial charge >= 0.3 is 0 Å². The minimum absolute atomic E-state index is 0.0596. The lowest BCUT2D eigenvalue weighted by atomic mass is 10.0. The van der Waals surface area contributed by atoms with Crippen molar-refractivity contribution in [2.75, 3.05) is 6.61 Å². The lowest BCUT2D eigenvalue weighted by molar-refractivity contribution is 0.338. The fourth-order valence-electron chi connectivity index (χ4n) is 1.98. The van der Waals surface area contributed by atoms with Crippen LogP contribution in [0.2, 0.25) is 0 Å². The molecule has 0 radical (unpaired) electrons. The first kappa shape index (κ1) is 13.6. The Morgan fingerprint density at radius 3 is 2.63 bits per heavy atom. The van der Waals surface area contributed by atoms with Gasteiger partial charge in [0.15, 0.2) is 0 Å². The molecule has 0 bridgehead atoms. The molecule has 0 aliphatic carbocycles. The molecule has 1 heterocycles. The third kappa shape index (κ3) is 3.80. The van der Waals surface area contributed by atoms with Crippen LogP contribution in [-0.2, 0) is 6.42 Å². The maximum Gasteiger partial charge on any atom is 0.137 e. The summed E-state index contributed by atoms with van der Waals surface area (Å²) in [5.41, 5.74) is 9.74. The van der Waals surface area contributed by atoms with Gasteiger partial charge in [0.2, 0.25) is 0 Å². The summed E-state index contributed by atoms with van der Waals surface area (Å²) in [6, 6.07) is 10.4. The lowest BCUT2D eigenvalue weighted by Gasteiger charge is -2.13. The molecule has 0 fully saturated rings. The van der Waals surface area contributed by atoms with Crippen molar-refractivity contribution in [2.45, 2.75) is 26.3 Å². The molecule has 2 rings (SSSR count). The molecule has 0 aliphatic rings. The van der Waals surface area contributed by atoms with Crippen molar-refractivity contribution in [2.24, 2.45) is 5.73 Å². The first-order valence-corrected chi connectivity index (χ1v) is 6.58. The maximum absolute atomic E-state index is 6.23. The summed E-state index contributed by atoms with van der Waals surface area (Å²) in [5, 5.41) is 0. The van der Waals surface area contributed by atoms with E-state index in [9.17, 15) is 0 Å². The van der Waals surface area contributed by atoms with Gasteiger partial charge in [-0.05, 0) is 37.5 Å². The number of aromatic nitrogens is 1. The largest absolute Gasteiger partial charge is 0.492 e. The van der Waals surface area contributed by atoms with Gasteiger partial charge in [-0.2, -0.15) is 0 Å². The van der Waals surface area contributed by atoms with E-state index in [-0.39, 0.29) is 6.04 Å². The molecule has 3 nitrogen and oxygen atoms in total. The molecule has 0 aliphatic heterocycles. The molecule has 0 saturated carbocycles. The summed E-state index contributed by atoms with van der Waals surface area (Å²) in [6.45, 7) is 4.68. The Bertz CT molecular complexity index is 523. The Kier molecular flexibility index (Phi) is 4.53. The van der Waals surface area contributed by atoms with E-state index in [0.717, 1.165) is 17.7 Å². The molecular weight excluding hydrogens is 236 g/mol. The second-order valence-corrected chi connectivity index (χ2v) is 4.68. The van der Waals surface area contributed by atoms with Crippen molar-refractivity contribution < 1.29 is 4.74 Å². The van der Waals surface area contributed by atoms with Crippen LogP contribution in [0.4, 0.5) is 0 Å². The predicted molar refractivity (Wildman–Crippen MR) is 77.2 cm³/mol. The van der Waals surface area contributed by atoms with Crippen LogP contribution in [-0.4, -0.2) is 11.6 Å². The average Bonchev–Trinajstić information content (AvgIpc) is 2.42. The van der Waals surface area contributed by atoms with Crippen LogP contribution in [0.5, 0.6) is 5.75 Å².